The standard InChI is InChI=1S/C22H20N2O4/c1-14-6-8-15(9-7-14)20(25)23-10-11-24-21(26)18-12-16-4-2-3-5-17(16)13-19(18)22(27)28/h2-9,12-13H,10-11H2,1H3,(H,23,25)(H,24,26)(H,27,28). The quantitative estimate of drug-likeness (QED) is 0.576. The first-order valence-electron chi connectivity index (χ1n) is 8.85. The van der Waals surface area contributed by atoms with Crippen molar-refractivity contribution in [3.63, 3.8) is 0 Å². The Kier molecular flexibility index (Phi) is 5.69. The molecular formula is C22H20N2O4. The number of rotatable bonds is 6. The van der Waals surface area contributed by atoms with Gasteiger partial charge in [0.25, 0.3) is 11.8 Å². The number of carbonyl (C=O) groups is 3. The Bertz CT molecular complexity index is 1040. The topological polar surface area (TPSA) is 95.5 Å². The zero-order chi connectivity index (χ0) is 20.1. The van der Waals surface area contributed by atoms with E-state index in [0.717, 1.165) is 16.3 Å². The zero-order valence-electron chi connectivity index (χ0n) is 15.4. The molecule has 0 aliphatic carbocycles. The lowest BCUT2D eigenvalue weighted by Crippen LogP contribution is -2.35. The number of aromatic carboxylic acids is 1. The highest BCUT2D eigenvalue weighted by molar-refractivity contribution is 6.08. The van der Waals surface area contributed by atoms with Gasteiger partial charge in [0.1, 0.15) is 0 Å². The van der Waals surface area contributed by atoms with Crippen LogP contribution < -0.4 is 10.6 Å². The van der Waals surface area contributed by atoms with Crippen LogP contribution in [0.15, 0.2) is 60.7 Å². The van der Waals surface area contributed by atoms with Crippen LogP contribution >= 0.6 is 0 Å². The number of carbonyl (C=O) groups excluding carboxylic acids is 2. The molecule has 0 unspecified atom stereocenters. The van der Waals surface area contributed by atoms with E-state index in [4.69, 9.17) is 0 Å². The van der Waals surface area contributed by atoms with Gasteiger partial charge in [-0.15, -0.1) is 0 Å². The lowest BCUT2D eigenvalue weighted by Gasteiger charge is -2.10. The number of hydrogen-bond acceptors (Lipinski definition) is 3. The second-order valence-corrected chi connectivity index (χ2v) is 6.43. The lowest BCUT2D eigenvalue weighted by molar-refractivity contribution is 0.0691. The summed E-state index contributed by atoms with van der Waals surface area (Å²) in [6, 6.07) is 17.5. The van der Waals surface area contributed by atoms with Gasteiger partial charge in [0.05, 0.1) is 11.1 Å². The molecule has 28 heavy (non-hydrogen) atoms. The zero-order valence-corrected chi connectivity index (χ0v) is 15.4. The fraction of sp³-hybridized carbons (Fsp3) is 0.136. The van der Waals surface area contributed by atoms with Crippen LogP contribution in [-0.2, 0) is 0 Å². The smallest absolute Gasteiger partial charge is 0.336 e. The van der Waals surface area contributed by atoms with Gasteiger partial charge in [-0.2, -0.15) is 0 Å². The van der Waals surface area contributed by atoms with Crippen molar-refractivity contribution >= 4 is 28.6 Å². The molecule has 6 nitrogen and oxygen atoms in total. The first-order chi connectivity index (χ1) is 13.5. The minimum absolute atomic E-state index is 0.0557. The maximum Gasteiger partial charge on any atom is 0.336 e. The SMILES string of the molecule is Cc1ccc(C(=O)NCCNC(=O)c2cc3ccccc3cc2C(=O)O)cc1. The van der Waals surface area contributed by atoms with E-state index in [2.05, 4.69) is 10.6 Å². The van der Waals surface area contributed by atoms with Crippen molar-refractivity contribution in [3.8, 4) is 0 Å². The molecule has 3 rings (SSSR count). The van der Waals surface area contributed by atoms with E-state index in [1.54, 1.807) is 24.3 Å². The number of amides is 2. The van der Waals surface area contributed by atoms with Gasteiger partial charge in [0.15, 0.2) is 0 Å². The highest BCUT2D eigenvalue weighted by Gasteiger charge is 2.17. The molecule has 2 amide bonds. The molecule has 0 radical (unpaired) electrons. The van der Waals surface area contributed by atoms with Crippen molar-refractivity contribution in [2.45, 2.75) is 6.92 Å². The summed E-state index contributed by atoms with van der Waals surface area (Å²) in [5.74, 6) is -1.89. The summed E-state index contributed by atoms with van der Waals surface area (Å²) < 4.78 is 0. The second-order valence-electron chi connectivity index (χ2n) is 6.43. The Morgan fingerprint density at radius 1 is 0.786 bits per heavy atom. The van der Waals surface area contributed by atoms with E-state index in [0.29, 0.717) is 5.56 Å². The Morgan fingerprint density at radius 2 is 1.32 bits per heavy atom. The van der Waals surface area contributed by atoms with Crippen LogP contribution in [-0.4, -0.2) is 36.0 Å². The van der Waals surface area contributed by atoms with E-state index in [1.165, 1.54) is 6.07 Å². The minimum Gasteiger partial charge on any atom is -0.478 e. The summed E-state index contributed by atoms with van der Waals surface area (Å²) in [6.45, 7) is 2.35. The number of carboxylic acids is 1. The van der Waals surface area contributed by atoms with E-state index < -0.39 is 11.9 Å². The average Bonchev–Trinajstić information content (AvgIpc) is 2.70. The average molecular weight is 376 g/mol. The molecule has 3 aromatic rings. The van der Waals surface area contributed by atoms with Crippen LogP contribution in [0.5, 0.6) is 0 Å². The van der Waals surface area contributed by atoms with E-state index in [-0.39, 0.29) is 30.1 Å². The van der Waals surface area contributed by atoms with Crippen LogP contribution in [0.25, 0.3) is 10.8 Å². The van der Waals surface area contributed by atoms with E-state index >= 15 is 0 Å². The van der Waals surface area contributed by atoms with Crippen LogP contribution in [0.4, 0.5) is 0 Å². The van der Waals surface area contributed by atoms with Gasteiger partial charge in [-0.25, -0.2) is 4.79 Å². The molecular weight excluding hydrogens is 356 g/mol. The highest BCUT2D eigenvalue weighted by atomic mass is 16.4. The van der Waals surface area contributed by atoms with Crippen molar-refractivity contribution in [3.05, 3.63) is 82.9 Å². The van der Waals surface area contributed by atoms with Crippen LogP contribution in [0.3, 0.4) is 0 Å². The fourth-order valence-electron chi connectivity index (χ4n) is 2.86. The predicted octanol–water partition coefficient (Wildman–Crippen LogP) is 3.01. The highest BCUT2D eigenvalue weighted by Crippen LogP contribution is 2.20. The van der Waals surface area contributed by atoms with E-state index in [1.807, 2.05) is 37.3 Å². The summed E-state index contributed by atoms with van der Waals surface area (Å²) in [5, 5.41) is 16.3. The summed E-state index contributed by atoms with van der Waals surface area (Å²) in [4.78, 5) is 36.1. The van der Waals surface area contributed by atoms with Crippen LogP contribution in [0.2, 0.25) is 0 Å². The Morgan fingerprint density at radius 3 is 1.89 bits per heavy atom. The summed E-state index contributed by atoms with van der Waals surface area (Å²) >= 11 is 0. The molecule has 0 saturated heterocycles. The van der Waals surface area contributed by atoms with Gasteiger partial charge < -0.3 is 15.7 Å². The molecule has 0 spiro atoms. The molecule has 0 bridgehead atoms. The fourth-order valence-corrected chi connectivity index (χ4v) is 2.86. The Balaban J connectivity index is 1.63. The normalized spacial score (nSPS) is 10.5. The van der Waals surface area contributed by atoms with Crippen molar-refractivity contribution in [2.24, 2.45) is 0 Å². The molecule has 0 atom stereocenters. The minimum atomic E-state index is -1.16. The third kappa shape index (κ3) is 4.35. The van der Waals surface area contributed by atoms with E-state index in [9.17, 15) is 19.5 Å². The van der Waals surface area contributed by atoms with Crippen molar-refractivity contribution in [2.75, 3.05) is 13.1 Å². The molecule has 3 aromatic carbocycles. The first kappa shape index (κ1) is 19.1. The molecule has 6 heteroatoms. The van der Waals surface area contributed by atoms with Gasteiger partial charge >= 0.3 is 5.97 Å². The molecule has 0 heterocycles. The predicted molar refractivity (Wildman–Crippen MR) is 107 cm³/mol. The summed E-state index contributed by atoms with van der Waals surface area (Å²) in [7, 11) is 0. The van der Waals surface area contributed by atoms with Crippen molar-refractivity contribution in [1.29, 1.82) is 0 Å². The third-order valence-electron chi connectivity index (χ3n) is 4.37. The number of aryl methyl sites for hydroxylation is 1. The number of nitrogens with one attached hydrogen (secondary N) is 2. The molecule has 142 valence electrons. The van der Waals surface area contributed by atoms with Gasteiger partial charge in [-0.3, -0.25) is 9.59 Å². The largest absolute Gasteiger partial charge is 0.478 e. The van der Waals surface area contributed by atoms with Gasteiger partial charge in [0.2, 0.25) is 0 Å². The molecule has 0 aliphatic rings. The van der Waals surface area contributed by atoms with Gasteiger partial charge in [-0.1, -0.05) is 42.0 Å². The maximum atomic E-state index is 12.5. The van der Waals surface area contributed by atoms with Gasteiger partial charge in [-0.05, 0) is 42.0 Å². The first-order valence-corrected chi connectivity index (χ1v) is 8.85. The Labute approximate surface area is 162 Å². The monoisotopic (exact) mass is 376 g/mol. The lowest BCUT2D eigenvalue weighted by atomic mass is 10.0. The van der Waals surface area contributed by atoms with Crippen molar-refractivity contribution in [1.82, 2.24) is 10.6 Å². The molecule has 0 aromatic heterocycles. The molecule has 3 N–H and O–H groups in total. The molecule has 0 saturated carbocycles. The van der Waals surface area contributed by atoms with Crippen molar-refractivity contribution < 1.29 is 19.5 Å². The number of carboxylic acid groups (broad SMARTS) is 1. The maximum absolute atomic E-state index is 12.5. The molecule has 0 aliphatic heterocycles. The molecule has 0 fully saturated rings. The second kappa shape index (κ2) is 8.35. The third-order valence-corrected chi connectivity index (χ3v) is 4.37. The number of hydrogen-bond donors (Lipinski definition) is 3. The number of benzene rings is 3. The van der Waals surface area contributed by atoms with Crippen LogP contribution in [0, 0.1) is 6.92 Å². The summed E-state index contributed by atoms with van der Waals surface area (Å²) in [5.41, 5.74) is 1.64. The van der Waals surface area contributed by atoms with Gasteiger partial charge in [0, 0.05) is 18.7 Å². The Hall–Kier alpha value is -3.67. The number of fused-ring (bicyclic) bond motifs is 1. The summed E-state index contributed by atoms with van der Waals surface area (Å²) in [6.07, 6.45) is 0. The van der Waals surface area contributed by atoms with Crippen LogP contribution in [0.1, 0.15) is 36.6 Å².